The quantitative estimate of drug-likeness (QED) is 0.797. The molecule has 1 aromatic rings. The first-order valence-electron chi connectivity index (χ1n) is 5.96. The van der Waals surface area contributed by atoms with Crippen LogP contribution in [-0.2, 0) is 22.1 Å². The lowest BCUT2D eigenvalue weighted by atomic mass is 10.1. The fourth-order valence-corrected chi connectivity index (χ4v) is 2.13. The number of methoxy groups -OCH3 is 1. The summed E-state index contributed by atoms with van der Waals surface area (Å²) in [4.78, 5) is 11.5. The number of hydrogen-bond donors (Lipinski definition) is 1. The number of aryl methyl sites for hydroxylation is 1. The predicted molar refractivity (Wildman–Crippen MR) is 72.4 cm³/mol. The number of hydrogen-bond acceptors (Lipinski definition) is 2. The van der Waals surface area contributed by atoms with Crippen molar-refractivity contribution in [1.82, 2.24) is 5.32 Å². The van der Waals surface area contributed by atoms with Gasteiger partial charge in [-0.2, -0.15) is 13.2 Å². The number of alkyl halides is 3. The van der Waals surface area contributed by atoms with Gasteiger partial charge in [0.1, 0.15) is 0 Å². The monoisotopic (exact) mass is 353 g/mol. The van der Waals surface area contributed by atoms with Gasteiger partial charge in [0.2, 0.25) is 5.91 Å². The number of ether oxygens (including phenoxy) is 1. The van der Waals surface area contributed by atoms with Gasteiger partial charge < -0.3 is 10.1 Å². The summed E-state index contributed by atoms with van der Waals surface area (Å²) in [5, 5.41) is 2.65. The molecule has 0 aliphatic carbocycles. The summed E-state index contributed by atoms with van der Waals surface area (Å²) in [7, 11) is 1.53. The van der Waals surface area contributed by atoms with E-state index in [1.165, 1.54) is 13.2 Å². The van der Waals surface area contributed by atoms with Gasteiger partial charge in [0.15, 0.2) is 0 Å². The highest BCUT2D eigenvalue weighted by Gasteiger charge is 2.30. The summed E-state index contributed by atoms with van der Waals surface area (Å²) < 4.78 is 42.6. The van der Waals surface area contributed by atoms with Gasteiger partial charge >= 0.3 is 6.18 Å². The molecule has 1 N–H and O–H groups in total. The number of carbonyl (C=O) groups excluding carboxylic acids is 1. The Bertz CT molecular complexity index is 463. The van der Waals surface area contributed by atoms with E-state index in [1.54, 1.807) is 0 Å². The second-order valence-electron chi connectivity index (χ2n) is 4.15. The molecule has 0 unspecified atom stereocenters. The molecule has 0 aliphatic heterocycles. The molecule has 0 saturated heterocycles. The first-order chi connectivity index (χ1) is 9.34. The molecule has 0 spiro atoms. The van der Waals surface area contributed by atoms with Gasteiger partial charge in [-0.25, -0.2) is 0 Å². The highest BCUT2D eigenvalue weighted by molar-refractivity contribution is 9.10. The second kappa shape index (κ2) is 7.64. The van der Waals surface area contributed by atoms with Gasteiger partial charge in [-0.1, -0.05) is 22.0 Å². The third kappa shape index (κ3) is 5.50. The van der Waals surface area contributed by atoms with Crippen molar-refractivity contribution in [2.75, 3.05) is 20.3 Å². The van der Waals surface area contributed by atoms with Crippen LogP contribution in [0.25, 0.3) is 0 Å². The molecule has 3 nitrogen and oxygen atoms in total. The Balaban J connectivity index is 2.55. The molecule has 20 heavy (non-hydrogen) atoms. The van der Waals surface area contributed by atoms with E-state index in [1.807, 2.05) is 0 Å². The van der Waals surface area contributed by atoms with Gasteiger partial charge in [0, 0.05) is 24.5 Å². The zero-order valence-corrected chi connectivity index (χ0v) is 12.5. The van der Waals surface area contributed by atoms with E-state index >= 15 is 0 Å². The Morgan fingerprint density at radius 3 is 2.65 bits per heavy atom. The fraction of sp³-hybridized carbons (Fsp3) is 0.462. The molecule has 7 heteroatoms. The van der Waals surface area contributed by atoms with Crippen molar-refractivity contribution < 1.29 is 22.7 Å². The van der Waals surface area contributed by atoms with E-state index in [0.717, 1.165) is 12.1 Å². The summed E-state index contributed by atoms with van der Waals surface area (Å²) in [6.07, 6.45) is -3.77. The van der Waals surface area contributed by atoms with Crippen molar-refractivity contribution in [3.05, 3.63) is 33.8 Å². The highest BCUT2D eigenvalue weighted by atomic mass is 79.9. The molecule has 1 rings (SSSR count). The number of nitrogens with one attached hydrogen (secondary N) is 1. The van der Waals surface area contributed by atoms with Crippen LogP contribution in [0.1, 0.15) is 17.5 Å². The maximum absolute atomic E-state index is 12.5. The topological polar surface area (TPSA) is 38.3 Å². The van der Waals surface area contributed by atoms with Crippen molar-refractivity contribution in [2.45, 2.75) is 19.0 Å². The summed E-state index contributed by atoms with van der Waals surface area (Å²) in [6, 6.07) is 3.43. The third-order valence-electron chi connectivity index (χ3n) is 2.63. The highest BCUT2D eigenvalue weighted by Crippen LogP contribution is 2.32. The second-order valence-corrected chi connectivity index (χ2v) is 5.00. The van der Waals surface area contributed by atoms with Crippen molar-refractivity contribution >= 4 is 21.8 Å². The summed E-state index contributed by atoms with van der Waals surface area (Å²) >= 11 is 3.10. The molecule has 1 aromatic carbocycles. The minimum Gasteiger partial charge on any atom is -0.383 e. The lowest BCUT2D eigenvalue weighted by Gasteiger charge is -2.10. The van der Waals surface area contributed by atoms with E-state index in [9.17, 15) is 18.0 Å². The summed E-state index contributed by atoms with van der Waals surface area (Å²) in [5.41, 5.74) is -0.0439. The molecular formula is C13H15BrF3NO2. The Kier molecular flexibility index (Phi) is 6.48. The standard InChI is InChI=1S/C13H15BrF3NO2/c1-20-7-6-18-12(19)5-3-9-2-4-10(8-11(9)14)13(15,16)17/h2,4,8H,3,5-7H2,1H3,(H,18,19). The van der Waals surface area contributed by atoms with E-state index in [-0.39, 0.29) is 12.3 Å². The molecule has 1 amide bonds. The Morgan fingerprint density at radius 2 is 2.10 bits per heavy atom. The van der Waals surface area contributed by atoms with Gasteiger partial charge in [0.05, 0.1) is 12.2 Å². The first kappa shape index (κ1) is 17.0. The summed E-state index contributed by atoms with van der Waals surface area (Å²) in [6.45, 7) is 0.846. The van der Waals surface area contributed by atoms with E-state index in [0.29, 0.717) is 29.6 Å². The minimum atomic E-state index is -4.36. The molecule has 0 saturated carbocycles. The van der Waals surface area contributed by atoms with Gasteiger partial charge in [-0.05, 0) is 24.1 Å². The van der Waals surface area contributed by atoms with Crippen LogP contribution in [0.3, 0.4) is 0 Å². The maximum Gasteiger partial charge on any atom is 0.416 e. The van der Waals surface area contributed by atoms with Crippen LogP contribution < -0.4 is 5.32 Å². The molecule has 0 radical (unpaired) electrons. The van der Waals surface area contributed by atoms with Crippen molar-refractivity contribution in [1.29, 1.82) is 0 Å². The minimum absolute atomic E-state index is 0.158. The first-order valence-corrected chi connectivity index (χ1v) is 6.75. The van der Waals surface area contributed by atoms with Crippen LogP contribution in [-0.4, -0.2) is 26.2 Å². The molecular weight excluding hydrogens is 339 g/mol. The van der Waals surface area contributed by atoms with Gasteiger partial charge in [-0.3, -0.25) is 4.79 Å². The Hall–Kier alpha value is -1.08. The van der Waals surface area contributed by atoms with Crippen LogP contribution in [0.15, 0.2) is 22.7 Å². The molecule has 0 aliphatic rings. The largest absolute Gasteiger partial charge is 0.416 e. The van der Waals surface area contributed by atoms with Crippen molar-refractivity contribution in [2.24, 2.45) is 0 Å². The van der Waals surface area contributed by atoms with Crippen molar-refractivity contribution in [3.8, 4) is 0 Å². The zero-order valence-electron chi connectivity index (χ0n) is 10.9. The lowest BCUT2D eigenvalue weighted by molar-refractivity contribution is -0.137. The van der Waals surface area contributed by atoms with Gasteiger partial charge in [-0.15, -0.1) is 0 Å². The normalized spacial score (nSPS) is 11.4. The molecule has 0 bridgehead atoms. The van der Waals surface area contributed by atoms with Crippen LogP contribution in [0, 0.1) is 0 Å². The summed E-state index contributed by atoms with van der Waals surface area (Å²) in [5.74, 6) is -0.158. The van der Waals surface area contributed by atoms with Crippen LogP contribution in [0.2, 0.25) is 0 Å². The van der Waals surface area contributed by atoms with Crippen LogP contribution >= 0.6 is 15.9 Å². The average molecular weight is 354 g/mol. The molecule has 0 heterocycles. The van der Waals surface area contributed by atoms with E-state index < -0.39 is 11.7 Å². The molecule has 0 aromatic heterocycles. The Morgan fingerprint density at radius 1 is 1.40 bits per heavy atom. The zero-order chi connectivity index (χ0) is 15.2. The molecule has 0 fully saturated rings. The Labute approximate surface area is 123 Å². The lowest BCUT2D eigenvalue weighted by Crippen LogP contribution is -2.27. The predicted octanol–water partition coefficient (Wildman–Crippen LogP) is 3.16. The molecule has 0 atom stereocenters. The molecule has 112 valence electrons. The number of benzene rings is 1. The van der Waals surface area contributed by atoms with Crippen LogP contribution in [0.4, 0.5) is 13.2 Å². The third-order valence-corrected chi connectivity index (χ3v) is 3.37. The van der Waals surface area contributed by atoms with Crippen LogP contribution in [0.5, 0.6) is 0 Å². The number of rotatable bonds is 6. The van der Waals surface area contributed by atoms with Gasteiger partial charge in [0.25, 0.3) is 0 Å². The van der Waals surface area contributed by atoms with E-state index in [4.69, 9.17) is 4.74 Å². The number of halogens is 4. The van der Waals surface area contributed by atoms with Crippen molar-refractivity contribution in [3.63, 3.8) is 0 Å². The van der Waals surface area contributed by atoms with E-state index in [2.05, 4.69) is 21.2 Å². The number of carbonyl (C=O) groups is 1. The smallest absolute Gasteiger partial charge is 0.383 e. The maximum atomic E-state index is 12.5. The number of amides is 1. The fourth-order valence-electron chi connectivity index (χ4n) is 1.56. The SMILES string of the molecule is COCCNC(=O)CCc1ccc(C(F)(F)F)cc1Br. The average Bonchev–Trinajstić information content (AvgIpc) is 2.36.